The van der Waals surface area contributed by atoms with Crippen molar-refractivity contribution in [2.45, 2.75) is 13.8 Å². The Hall–Kier alpha value is -3.28. The van der Waals surface area contributed by atoms with E-state index in [0.717, 1.165) is 16.7 Å². The number of benzene rings is 2. The van der Waals surface area contributed by atoms with Gasteiger partial charge in [0.2, 0.25) is 0 Å². The van der Waals surface area contributed by atoms with E-state index < -0.39 is 0 Å². The summed E-state index contributed by atoms with van der Waals surface area (Å²) in [7, 11) is 1.70. The summed E-state index contributed by atoms with van der Waals surface area (Å²) in [6, 6.07) is 11.2. The molecule has 3 rings (SSSR count). The Bertz CT molecular complexity index is 1010. The van der Waals surface area contributed by atoms with Crippen molar-refractivity contribution in [2.75, 3.05) is 16.8 Å². The van der Waals surface area contributed by atoms with Crippen LogP contribution in [0.4, 0.5) is 22.9 Å². The molecule has 5 N–H and O–H groups in total. The SMILES string of the molecule is Cc1ccc(Nc2nc(-c3cccc(N)c3C)cn(C)c2=O)cc1N. The van der Waals surface area contributed by atoms with Gasteiger partial charge in [-0.1, -0.05) is 18.2 Å². The van der Waals surface area contributed by atoms with Crippen molar-refractivity contribution in [3.63, 3.8) is 0 Å². The van der Waals surface area contributed by atoms with Gasteiger partial charge in [0.1, 0.15) is 0 Å². The lowest BCUT2D eigenvalue weighted by atomic mass is 10.0. The van der Waals surface area contributed by atoms with Crippen LogP contribution < -0.4 is 22.3 Å². The highest BCUT2D eigenvalue weighted by atomic mass is 16.1. The maximum absolute atomic E-state index is 12.4. The van der Waals surface area contributed by atoms with Crippen LogP contribution in [0.2, 0.25) is 0 Å². The topological polar surface area (TPSA) is 99.0 Å². The highest BCUT2D eigenvalue weighted by Gasteiger charge is 2.12. The second-order valence-electron chi connectivity index (χ2n) is 6.11. The van der Waals surface area contributed by atoms with Crippen LogP contribution >= 0.6 is 0 Å². The number of rotatable bonds is 3. The number of aryl methyl sites for hydroxylation is 2. The van der Waals surface area contributed by atoms with Crippen molar-refractivity contribution in [1.82, 2.24) is 9.55 Å². The normalized spacial score (nSPS) is 10.7. The molecule has 0 unspecified atom stereocenters. The molecule has 6 heteroatoms. The Labute approximate surface area is 146 Å². The molecule has 0 atom stereocenters. The molecule has 0 saturated carbocycles. The van der Waals surface area contributed by atoms with Crippen LogP contribution in [0.3, 0.4) is 0 Å². The monoisotopic (exact) mass is 335 g/mol. The van der Waals surface area contributed by atoms with E-state index in [0.29, 0.717) is 22.8 Å². The Morgan fingerprint density at radius 3 is 2.56 bits per heavy atom. The second kappa shape index (κ2) is 6.32. The minimum absolute atomic E-state index is 0.218. The Balaban J connectivity index is 2.08. The number of anilines is 4. The highest BCUT2D eigenvalue weighted by molar-refractivity contribution is 5.71. The van der Waals surface area contributed by atoms with Crippen molar-refractivity contribution >= 4 is 22.9 Å². The van der Waals surface area contributed by atoms with Gasteiger partial charge < -0.3 is 21.4 Å². The van der Waals surface area contributed by atoms with E-state index in [1.54, 1.807) is 19.3 Å². The first-order chi connectivity index (χ1) is 11.9. The van der Waals surface area contributed by atoms with Crippen LogP contribution in [-0.4, -0.2) is 9.55 Å². The minimum atomic E-state index is -0.218. The van der Waals surface area contributed by atoms with Gasteiger partial charge in [0.05, 0.1) is 5.69 Å². The summed E-state index contributed by atoms with van der Waals surface area (Å²) in [6.07, 6.45) is 1.71. The molecule has 0 aliphatic heterocycles. The van der Waals surface area contributed by atoms with Gasteiger partial charge in [-0.05, 0) is 43.2 Å². The van der Waals surface area contributed by atoms with Gasteiger partial charge in [-0.25, -0.2) is 4.98 Å². The van der Waals surface area contributed by atoms with Crippen molar-refractivity contribution in [2.24, 2.45) is 7.05 Å². The van der Waals surface area contributed by atoms with E-state index in [9.17, 15) is 4.79 Å². The fraction of sp³-hybridized carbons (Fsp3) is 0.158. The molecular formula is C19H21N5O. The summed E-state index contributed by atoms with van der Waals surface area (Å²) in [4.78, 5) is 17.0. The van der Waals surface area contributed by atoms with Gasteiger partial charge in [0, 0.05) is 35.9 Å². The van der Waals surface area contributed by atoms with E-state index in [2.05, 4.69) is 10.3 Å². The zero-order valence-corrected chi connectivity index (χ0v) is 14.5. The van der Waals surface area contributed by atoms with Crippen molar-refractivity contribution in [3.8, 4) is 11.3 Å². The largest absolute Gasteiger partial charge is 0.398 e. The van der Waals surface area contributed by atoms with Gasteiger partial charge in [-0.3, -0.25) is 4.79 Å². The van der Waals surface area contributed by atoms with Crippen LogP contribution in [0.5, 0.6) is 0 Å². The first-order valence-corrected chi connectivity index (χ1v) is 7.93. The fourth-order valence-corrected chi connectivity index (χ4v) is 2.60. The third-order valence-electron chi connectivity index (χ3n) is 4.26. The lowest BCUT2D eigenvalue weighted by molar-refractivity contribution is 0.848. The van der Waals surface area contributed by atoms with Gasteiger partial charge in [-0.2, -0.15) is 0 Å². The van der Waals surface area contributed by atoms with Crippen LogP contribution in [-0.2, 0) is 7.05 Å². The van der Waals surface area contributed by atoms with E-state index in [1.165, 1.54) is 4.57 Å². The molecular weight excluding hydrogens is 314 g/mol. The summed E-state index contributed by atoms with van der Waals surface area (Å²) >= 11 is 0. The second-order valence-corrected chi connectivity index (χ2v) is 6.11. The molecule has 0 amide bonds. The molecule has 25 heavy (non-hydrogen) atoms. The first kappa shape index (κ1) is 16.6. The minimum Gasteiger partial charge on any atom is -0.398 e. The van der Waals surface area contributed by atoms with E-state index in [-0.39, 0.29) is 11.4 Å². The number of nitrogens with two attached hydrogens (primary N) is 2. The lowest BCUT2D eigenvalue weighted by Gasteiger charge is -2.13. The number of nitrogen functional groups attached to an aromatic ring is 2. The molecule has 3 aromatic rings. The summed E-state index contributed by atoms with van der Waals surface area (Å²) in [6.45, 7) is 3.87. The number of hydrogen-bond donors (Lipinski definition) is 3. The van der Waals surface area contributed by atoms with Crippen molar-refractivity contribution in [1.29, 1.82) is 0 Å². The zero-order valence-electron chi connectivity index (χ0n) is 14.5. The van der Waals surface area contributed by atoms with Crippen molar-refractivity contribution < 1.29 is 0 Å². The first-order valence-electron chi connectivity index (χ1n) is 7.93. The summed E-state index contributed by atoms with van der Waals surface area (Å²) in [5.41, 5.74) is 17.3. The molecule has 6 nitrogen and oxygen atoms in total. The predicted molar refractivity (Wildman–Crippen MR) is 103 cm³/mol. The molecule has 0 fully saturated rings. The summed E-state index contributed by atoms with van der Waals surface area (Å²) in [5, 5.41) is 3.07. The third kappa shape index (κ3) is 3.19. The van der Waals surface area contributed by atoms with Crippen LogP contribution in [0.25, 0.3) is 11.3 Å². The Morgan fingerprint density at radius 2 is 1.84 bits per heavy atom. The molecule has 1 heterocycles. The molecule has 0 radical (unpaired) electrons. The fourth-order valence-electron chi connectivity index (χ4n) is 2.60. The van der Waals surface area contributed by atoms with E-state index in [4.69, 9.17) is 11.5 Å². The average Bonchev–Trinajstić information content (AvgIpc) is 2.57. The predicted octanol–water partition coefficient (Wildman–Crippen LogP) is 2.97. The van der Waals surface area contributed by atoms with Crippen LogP contribution in [0, 0.1) is 13.8 Å². The molecule has 0 aliphatic carbocycles. The van der Waals surface area contributed by atoms with Gasteiger partial charge >= 0.3 is 0 Å². The number of hydrogen-bond acceptors (Lipinski definition) is 5. The zero-order chi connectivity index (χ0) is 18.1. The summed E-state index contributed by atoms with van der Waals surface area (Å²) in [5.74, 6) is 0.241. The Kier molecular flexibility index (Phi) is 4.19. The Morgan fingerprint density at radius 1 is 1.08 bits per heavy atom. The van der Waals surface area contributed by atoms with Crippen molar-refractivity contribution in [3.05, 3.63) is 64.1 Å². The molecule has 128 valence electrons. The number of nitrogens with zero attached hydrogens (tertiary/aromatic N) is 2. The standard InChI is InChI=1S/C19H21N5O/c1-11-7-8-13(9-16(11)21)22-18-19(25)24(3)10-17(23-18)14-5-4-6-15(20)12(14)2/h4-10H,20-21H2,1-3H3,(H,22,23). The quantitative estimate of drug-likeness (QED) is 0.639. The lowest BCUT2D eigenvalue weighted by Crippen LogP contribution is -2.21. The molecule has 1 aromatic heterocycles. The average molecular weight is 335 g/mol. The molecule has 2 aromatic carbocycles. The highest BCUT2D eigenvalue weighted by Crippen LogP contribution is 2.26. The maximum Gasteiger partial charge on any atom is 0.293 e. The van der Waals surface area contributed by atoms with Gasteiger partial charge in [0.25, 0.3) is 5.56 Å². The maximum atomic E-state index is 12.4. The molecule has 0 saturated heterocycles. The van der Waals surface area contributed by atoms with Crippen LogP contribution in [0.15, 0.2) is 47.4 Å². The van der Waals surface area contributed by atoms with Gasteiger partial charge in [0.15, 0.2) is 5.82 Å². The molecule has 0 spiro atoms. The van der Waals surface area contributed by atoms with Crippen LogP contribution in [0.1, 0.15) is 11.1 Å². The van der Waals surface area contributed by atoms with E-state index >= 15 is 0 Å². The molecule has 0 aliphatic rings. The number of nitrogens with one attached hydrogen (secondary N) is 1. The smallest absolute Gasteiger partial charge is 0.293 e. The third-order valence-corrected chi connectivity index (χ3v) is 4.26. The number of aromatic nitrogens is 2. The van der Waals surface area contributed by atoms with Gasteiger partial charge in [-0.15, -0.1) is 0 Å². The van der Waals surface area contributed by atoms with E-state index in [1.807, 2.05) is 44.2 Å². The molecule has 0 bridgehead atoms. The summed E-state index contributed by atoms with van der Waals surface area (Å²) < 4.78 is 1.50.